The average molecular weight is 298 g/mol. The van der Waals surface area contributed by atoms with Gasteiger partial charge in [0, 0.05) is 23.2 Å². The molecule has 2 heterocycles. The first-order chi connectivity index (χ1) is 9.90. The fraction of sp³-hybridized carbons (Fsp3) is 0.357. The average Bonchev–Trinajstić information content (AvgIpc) is 2.88. The molecule has 0 aliphatic rings. The summed E-state index contributed by atoms with van der Waals surface area (Å²) in [4.78, 5) is 5.38. The molecule has 0 unspecified atom stereocenters. The Balaban J connectivity index is 2.77. The van der Waals surface area contributed by atoms with Gasteiger partial charge >= 0.3 is 8.05 Å². The van der Waals surface area contributed by atoms with Gasteiger partial charge in [-0.05, 0) is 27.7 Å². The summed E-state index contributed by atoms with van der Waals surface area (Å²) in [7, 11) is 7.27. The maximum absolute atomic E-state index is 9.59. The van der Waals surface area contributed by atoms with E-state index in [4.69, 9.17) is 12.7 Å². The van der Waals surface area contributed by atoms with Gasteiger partial charge in [-0.1, -0.05) is 0 Å². The van der Waals surface area contributed by atoms with Gasteiger partial charge in [-0.2, -0.15) is 10.4 Å². The molecule has 5 nitrogen and oxygen atoms in total. The Hall–Kier alpha value is -2.07. The van der Waals surface area contributed by atoms with Crippen LogP contribution in [-0.2, 0) is 11.7 Å². The lowest BCUT2D eigenvalue weighted by Crippen LogP contribution is -1.99. The van der Waals surface area contributed by atoms with Crippen molar-refractivity contribution in [2.45, 2.75) is 27.7 Å². The zero-order valence-corrected chi connectivity index (χ0v) is 13.5. The van der Waals surface area contributed by atoms with Crippen molar-refractivity contribution < 1.29 is 4.65 Å². The van der Waals surface area contributed by atoms with E-state index in [1.165, 1.54) is 11.3 Å². The van der Waals surface area contributed by atoms with Crippen LogP contribution in [0, 0.1) is 39.0 Å². The Bertz CT molecular complexity index is 767. The highest BCUT2D eigenvalue weighted by atomic mass is 32.1. The fourth-order valence-electron chi connectivity index (χ4n) is 2.33. The quantitative estimate of drug-likeness (QED) is 0.496. The van der Waals surface area contributed by atoms with Crippen molar-refractivity contribution in [3.05, 3.63) is 32.5 Å². The molecule has 0 saturated carbocycles. The molecule has 2 aromatic rings. The van der Waals surface area contributed by atoms with Crippen molar-refractivity contribution in [2.24, 2.45) is 7.05 Å². The van der Waals surface area contributed by atoms with E-state index in [1.54, 1.807) is 4.68 Å². The molecule has 0 saturated heterocycles. The van der Waals surface area contributed by atoms with Crippen LogP contribution in [0.2, 0.25) is 0 Å². The van der Waals surface area contributed by atoms with E-state index < -0.39 is 0 Å². The maximum atomic E-state index is 9.59. The number of hydrogen-bond donors (Lipinski definition) is 0. The number of aryl methyl sites for hydroxylation is 4. The molecule has 106 valence electrons. The summed E-state index contributed by atoms with van der Waals surface area (Å²) < 4.78 is 6.75. The molecule has 2 aromatic heterocycles. The van der Waals surface area contributed by atoms with Crippen LogP contribution in [0.5, 0.6) is 0 Å². The SMILES string of the molecule is [B]OC(=C(C#N)c1c(C)nn(C)c1C)c1nc(C)sc1C. The summed E-state index contributed by atoms with van der Waals surface area (Å²) >= 11 is 1.54. The first-order valence-corrected chi connectivity index (χ1v) is 7.18. The number of aromatic nitrogens is 3. The molecule has 2 rings (SSSR count). The third kappa shape index (κ3) is 2.59. The van der Waals surface area contributed by atoms with Crippen LogP contribution < -0.4 is 0 Å². The van der Waals surface area contributed by atoms with Crippen molar-refractivity contribution in [2.75, 3.05) is 0 Å². The van der Waals surface area contributed by atoms with Crippen LogP contribution in [0.4, 0.5) is 0 Å². The van der Waals surface area contributed by atoms with Gasteiger partial charge < -0.3 is 4.65 Å². The predicted molar refractivity (Wildman–Crippen MR) is 83.5 cm³/mol. The molecule has 0 fully saturated rings. The lowest BCUT2D eigenvalue weighted by atomic mass is 10.0. The van der Waals surface area contributed by atoms with Gasteiger partial charge in [0.25, 0.3) is 0 Å². The molecule has 0 N–H and O–H groups in total. The molecular weight excluding hydrogens is 283 g/mol. The molecule has 0 aliphatic carbocycles. The van der Waals surface area contributed by atoms with E-state index >= 15 is 0 Å². The standard InChI is InChI=1S/C14H15BN4OS/c1-7-12(8(2)19(5)18-7)11(6-16)14(20-15)13-9(3)21-10(4)17-13/h1-5H3. The molecule has 0 amide bonds. The van der Waals surface area contributed by atoms with Gasteiger partial charge in [-0.3, -0.25) is 4.68 Å². The number of nitriles is 1. The Labute approximate surface area is 129 Å². The van der Waals surface area contributed by atoms with E-state index in [2.05, 4.69) is 16.2 Å². The summed E-state index contributed by atoms with van der Waals surface area (Å²) in [5, 5.41) is 14.8. The number of hydrogen-bond acceptors (Lipinski definition) is 5. The van der Waals surface area contributed by atoms with Crippen LogP contribution in [0.15, 0.2) is 0 Å². The molecule has 2 radical (unpaired) electrons. The lowest BCUT2D eigenvalue weighted by molar-refractivity contribution is 0.570. The lowest BCUT2D eigenvalue weighted by Gasteiger charge is -2.09. The van der Waals surface area contributed by atoms with Crippen LogP contribution in [0.3, 0.4) is 0 Å². The van der Waals surface area contributed by atoms with Crippen LogP contribution >= 0.6 is 11.3 Å². The smallest absolute Gasteiger partial charge is 0.374 e. The van der Waals surface area contributed by atoms with Gasteiger partial charge in [-0.15, -0.1) is 11.3 Å². The van der Waals surface area contributed by atoms with Crippen LogP contribution in [0.1, 0.15) is 32.5 Å². The van der Waals surface area contributed by atoms with Gasteiger partial charge in [0.1, 0.15) is 23.1 Å². The van der Waals surface area contributed by atoms with Crippen molar-refractivity contribution in [3.8, 4) is 6.07 Å². The fourth-order valence-corrected chi connectivity index (χ4v) is 3.14. The van der Waals surface area contributed by atoms with E-state index in [9.17, 15) is 5.26 Å². The Morgan fingerprint density at radius 2 is 2.00 bits per heavy atom. The van der Waals surface area contributed by atoms with E-state index in [-0.39, 0.29) is 0 Å². The Morgan fingerprint density at radius 1 is 1.33 bits per heavy atom. The van der Waals surface area contributed by atoms with Crippen molar-refractivity contribution in [1.29, 1.82) is 5.26 Å². The second-order valence-corrected chi connectivity index (χ2v) is 6.15. The molecule has 0 aliphatic heterocycles. The van der Waals surface area contributed by atoms with Crippen LogP contribution in [-0.4, -0.2) is 22.8 Å². The normalized spacial score (nSPS) is 12.0. The van der Waals surface area contributed by atoms with Gasteiger partial charge in [0.2, 0.25) is 0 Å². The number of allylic oxidation sites excluding steroid dienone is 1. The second kappa shape index (κ2) is 5.74. The Kier molecular flexibility index (Phi) is 4.19. The van der Waals surface area contributed by atoms with Crippen LogP contribution in [0.25, 0.3) is 11.3 Å². The van der Waals surface area contributed by atoms with E-state index in [1.807, 2.05) is 34.7 Å². The second-order valence-electron chi connectivity index (χ2n) is 4.74. The minimum absolute atomic E-state index is 0.290. The molecule has 0 atom stereocenters. The van der Waals surface area contributed by atoms with E-state index in [0.29, 0.717) is 17.0 Å². The summed E-state index contributed by atoms with van der Waals surface area (Å²) in [5.74, 6) is 0.290. The topological polar surface area (TPSA) is 63.7 Å². The molecular formula is C14H15BN4OS. The number of nitrogens with zero attached hydrogens (tertiary/aromatic N) is 4. The minimum atomic E-state index is 0.290. The minimum Gasteiger partial charge on any atom is -0.565 e. The summed E-state index contributed by atoms with van der Waals surface area (Å²) in [5.41, 5.74) is 3.34. The number of rotatable bonds is 3. The molecule has 0 bridgehead atoms. The summed E-state index contributed by atoms with van der Waals surface area (Å²) in [6.45, 7) is 7.59. The first-order valence-electron chi connectivity index (χ1n) is 6.36. The highest BCUT2D eigenvalue weighted by Gasteiger charge is 2.22. The summed E-state index contributed by atoms with van der Waals surface area (Å²) in [6.07, 6.45) is 0. The van der Waals surface area contributed by atoms with Gasteiger partial charge in [0.05, 0.1) is 10.7 Å². The highest BCUT2D eigenvalue weighted by molar-refractivity contribution is 7.11. The van der Waals surface area contributed by atoms with Crippen molar-refractivity contribution in [1.82, 2.24) is 14.8 Å². The predicted octanol–water partition coefficient (Wildman–Crippen LogP) is 2.60. The molecule has 0 aromatic carbocycles. The molecule has 21 heavy (non-hydrogen) atoms. The third-order valence-electron chi connectivity index (χ3n) is 3.33. The summed E-state index contributed by atoms with van der Waals surface area (Å²) in [6, 6.07) is 2.19. The monoisotopic (exact) mass is 298 g/mol. The maximum Gasteiger partial charge on any atom is 0.374 e. The van der Waals surface area contributed by atoms with Gasteiger partial charge in [-0.25, -0.2) is 4.98 Å². The van der Waals surface area contributed by atoms with Crippen molar-refractivity contribution in [3.63, 3.8) is 0 Å². The van der Waals surface area contributed by atoms with Gasteiger partial charge in [0.15, 0.2) is 0 Å². The number of thiazole rings is 1. The van der Waals surface area contributed by atoms with Crippen molar-refractivity contribution >= 4 is 30.7 Å². The molecule has 0 spiro atoms. The zero-order valence-electron chi connectivity index (χ0n) is 12.7. The highest BCUT2D eigenvalue weighted by Crippen LogP contribution is 2.32. The largest absolute Gasteiger partial charge is 0.565 e. The first kappa shape index (κ1) is 15.3. The zero-order chi connectivity index (χ0) is 15.7. The third-order valence-corrected chi connectivity index (χ3v) is 4.22. The van der Waals surface area contributed by atoms with E-state index in [0.717, 1.165) is 26.8 Å². The molecule has 7 heteroatoms. The Morgan fingerprint density at radius 3 is 2.38 bits per heavy atom.